The number of aromatic nitrogens is 2. The Morgan fingerprint density at radius 2 is 1.82 bits per heavy atom. The number of hydrogen-bond acceptors (Lipinski definition) is 3. The third kappa shape index (κ3) is 1.72. The van der Waals surface area contributed by atoms with Crippen LogP contribution in [0.4, 0.5) is 0 Å². The lowest BCUT2D eigenvalue weighted by atomic mass is 10.1. The van der Waals surface area contributed by atoms with Gasteiger partial charge in [-0.05, 0) is 24.3 Å². The number of para-hydroxylation sites is 1. The van der Waals surface area contributed by atoms with Gasteiger partial charge in [-0.25, -0.2) is 0 Å². The van der Waals surface area contributed by atoms with Crippen LogP contribution in [0.15, 0.2) is 54.9 Å². The highest BCUT2D eigenvalue weighted by Crippen LogP contribution is 2.27. The Morgan fingerprint density at radius 3 is 2.71 bits per heavy atom. The molecule has 0 saturated heterocycles. The molecule has 2 aromatic heterocycles. The number of hydrogen-bond donors (Lipinski definition) is 1. The van der Waals surface area contributed by atoms with E-state index in [9.17, 15) is 5.11 Å². The summed E-state index contributed by atoms with van der Waals surface area (Å²) in [6.07, 6.45) is 3.38. The maximum Gasteiger partial charge on any atom is 0.141 e. The first-order valence-corrected chi connectivity index (χ1v) is 5.34. The number of benzene rings is 1. The van der Waals surface area contributed by atoms with Crippen LogP contribution < -0.4 is 0 Å². The molecule has 1 aromatic carbocycles. The third-order valence-corrected chi connectivity index (χ3v) is 2.65. The van der Waals surface area contributed by atoms with Gasteiger partial charge in [0.2, 0.25) is 0 Å². The average Bonchev–Trinajstić information content (AvgIpc) is 2.39. The van der Waals surface area contributed by atoms with Crippen LogP contribution in [0, 0.1) is 0 Å². The van der Waals surface area contributed by atoms with E-state index in [4.69, 9.17) is 0 Å². The largest absolute Gasteiger partial charge is 0.506 e. The first-order valence-electron chi connectivity index (χ1n) is 5.34. The predicted octanol–water partition coefficient (Wildman–Crippen LogP) is 3.00. The van der Waals surface area contributed by atoms with Crippen LogP contribution in [0.3, 0.4) is 0 Å². The molecular formula is C14H10N2O. The smallest absolute Gasteiger partial charge is 0.141 e. The lowest BCUT2D eigenvalue weighted by molar-refractivity contribution is 0.475. The second-order valence-corrected chi connectivity index (χ2v) is 3.79. The van der Waals surface area contributed by atoms with Crippen molar-refractivity contribution in [3.8, 4) is 17.0 Å². The van der Waals surface area contributed by atoms with Crippen molar-refractivity contribution in [2.75, 3.05) is 0 Å². The van der Waals surface area contributed by atoms with Crippen molar-refractivity contribution in [3.05, 3.63) is 54.9 Å². The van der Waals surface area contributed by atoms with E-state index in [1.165, 1.54) is 0 Å². The fourth-order valence-corrected chi connectivity index (χ4v) is 1.82. The predicted molar refractivity (Wildman–Crippen MR) is 66.6 cm³/mol. The minimum Gasteiger partial charge on any atom is -0.506 e. The van der Waals surface area contributed by atoms with E-state index in [1.807, 2.05) is 30.3 Å². The summed E-state index contributed by atoms with van der Waals surface area (Å²) in [5, 5.41) is 10.8. The zero-order valence-electron chi connectivity index (χ0n) is 9.04. The summed E-state index contributed by atoms with van der Waals surface area (Å²) in [5.41, 5.74) is 2.32. The lowest BCUT2D eigenvalue weighted by Gasteiger charge is -2.04. The summed E-state index contributed by atoms with van der Waals surface area (Å²) in [5.74, 6) is 0.171. The van der Waals surface area contributed by atoms with Gasteiger partial charge in [-0.1, -0.05) is 18.2 Å². The molecule has 0 amide bonds. The monoisotopic (exact) mass is 222 g/mol. The number of fused-ring (bicyclic) bond motifs is 1. The molecule has 0 saturated carbocycles. The lowest BCUT2D eigenvalue weighted by Crippen LogP contribution is -1.86. The third-order valence-electron chi connectivity index (χ3n) is 2.65. The van der Waals surface area contributed by atoms with Crippen LogP contribution in [-0.4, -0.2) is 15.1 Å². The molecule has 17 heavy (non-hydrogen) atoms. The van der Waals surface area contributed by atoms with Gasteiger partial charge in [0.25, 0.3) is 0 Å². The van der Waals surface area contributed by atoms with E-state index in [1.54, 1.807) is 24.5 Å². The molecule has 0 aliphatic carbocycles. The number of rotatable bonds is 1. The molecule has 0 bridgehead atoms. The molecule has 1 N–H and O–H groups in total. The molecule has 3 heteroatoms. The van der Waals surface area contributed by atoms with Crippen LogP contribution in [0.25, 0.3) is 22.2 Å². The van der Waals surface area contributed by atoms with Gasteiger partial charge < -0.3 is 5.11 Å². The second kappa shape index (κ2) is 3.87. The minimum absolute atomic E-state index is 0.171. The van der Waals surface area contributed by atoms with Crippen molar-refractivity contribution in [2.24, 2.45) is 0 Å². The Labute approximate surface area is 98.4 Å². The van der Waals surface area contributed by atoms with Crippen molar-refractivity contribution in [3.63, 3.8) is 0 Å². The van der Waals surface area contributed by atoms with Crippen molar-refractivity contribution in [2.45, 2.75) is 0 Å². The molecule has 0 spiro atoms. The van der Waals surface area contributed by atoms with Crippen molar-refractivity contribution < 1.29 is 5.11 Å². The van der Waals surface area contributed by atoms with Crippen LogP contribution in [-0.2, 0) is 0 Å². The number of nitrogens with zero attached hydrogens (tertiary/aromatic N) is 2. The van der Waals surface area contributed by atoms with Gasteiger partial charge in [-0.3, -0.25) is 9.97 Å². The van der Waals surface area contributed by atoms with Gasteiger partial charge >= 0.3 is 0 Å². The summed E-state index contributed by atoms with van der Waals surface area (Å²) >= 11 is 0. The molecule has 0 aliphatic rings. The molecule has 82 valence electrons. The van der Waals surface area contributed by atoms with Gasteiger partial charge in [-0.2, -0.15) is 0 Å². The summed E-state index contributed by atoms with van der Waals surface area (Å²) < 4.78 is 0. The second-order valence-electron chi connectivity index (χ2n) is 3.79. The number of pyridine rings is 2. The molecule has 0 atom stereocenters. The van der Waals surface area contributed by atoms with E-state index >= 15 is 0 Å². The highest BCUT2D eigenvalue weighted by atomic mass is 16.3. The maximum atomic E-state index is 9.75. The van der Waals surface area contributed by atoms with Gasteiger partial charge in [0.15, 0.2) is 0 Å². The highest BCUT2D eigenvalue weighted by molar-refractivity contribution is 5.83. The van der Waals surface area contributed by atoms with Crippen LogP contribution in [0.2, 0.25) is 0 Å². The van der Waals surface area contributed by atoms with Gasteiger partial charge in [0.05, 0.1) is 5.52 Å². The SMILES string of the molecule is Oc1cccnc1-c1cnc2ccccc2c1. The topological polar surface area (TPSA) is 46.0 Å². The quantitative estimate of drug-likeness (QED) is 0.688. The fourth-order valence-electron chi connectivity index (χ4n) is 1.82. The van der Waals surface area contributed by atoms with Crippen LogP contribution in [0.5, 0.6) is 5.75 Å². The Kier molecular flexibility index (Phi) is 2.22. The van der Waals surface area contributed by atoms with E-state index in [-0.39, 0.29) is 5.75 Å². The van der Waals surface area contributed by atoms with Crippen LogP contribution >= 0.6 is 0 Å². The molecule has 3 aromatic rings. The molecule has 0 aliphatic heterocycles. The molecule has 0 fully saturated rings. The zero-order valence-corrected chi connectivity index (χ0v) is 9.04. The van der Waals surface area contributed by atoms with E-state index in [0.717, 1.165) is 16.5 Å². The fraction of sp³-hybridized carbons (Fsp3) is 0. The summed E-state index contributed by atoms with van der Waals surface area (Å²) in [6, 6.07) is 13.2. The van der Waals surface area contributed by atoms with Crippen molar-refractivity contribution >= 4 is 10.9 Å². The maximum absolute atomic E-state index is 9.75. The van der Waals surface area contributed by atoms with Gasteiger partial charge in [0.1, 0.15) is 11.4 Å². The standard InChI is InChI=1S/C14H10N2O/c17-13-6-3-7-15-14(13)11-8-10-4-1-2-5-12(10)16-9-11/h1-9,17H. The summed E-state index contributed by atoms with van der Waals surface area (Å²) in [4.78, 5) is 8.51. The Morgan fingerprint density at radius 1 is 0.941 bits per heavy atom. The summed E-state index contributed by atoms with van der Waals surface area (Å²) in [6.45, 7) is 0. The van der Waals surface area contributed by atoms with Crippen molar-refractivity contribution in [1.29, 1.82) is 0 Å². The van der Waals surface area contributed by atoms with Gasteiger partial charge in [-0.15, -0.1) is 0 Å². The Bertz CT molecular complexity index is 680. The molecular weight excluding hydrogens is 212 g/mol. The molecule has 3 rings (SSSR count). The minimum atomic E-state index is 0.171. The molecule has 0 unspecified atom stereocenters. The molecule has 3 nitrogen and oxygen atoms in total. The van der Waals surface area contributed by atoms with E-state index < -0.39 is 0 Å². The zero-order chi connectivity index (χ0) is 11.7. The van der Waals surface area contributed by atoms with E-state index in [2.05, 4.69) is 9.97 Å². The Balaban J connectivity index is 2.22. The average molecular weight is 222 g/mol. The van der Waals surface area contributed by atoms with Gasteiger partial charge in [0, 0.05) is 23.3 Å². The molecule has 0 radical (unpaired) electrons. The normalized spacial score (nSPS) is 10.6. The summed E-state index contributed by atoms with van der Waals surface area (Å²) in [7, 11) is 0. The van der Waals surface area contributed by atoms with Crippen LogP contribution in [0.1, 0.15) is 0 Å². The first-order chi connectivity index (χ1) is 8.34. The van der Waals surface area contributed by atoms with Crippen molar-refractivity contribution in [1.82, 2.24) is 9.97 Å². The first kappa shape index (κ1) is 9.78. The van der Waals surface area contributed by atoms with E-state index in [0.29, 0.717) is 5.69 Å². The number of aromatic hydroxyl groups is 1. The Hall–Kier alpha value is -2.42. The molecule has 2 heterocycles. The highest BCUT2D eigenvalue weighted by Gasteiger charge is 2.06.